The van der Waals surface area contributed by atoms with Crippen LogP contribution in [-0.4, -0.2) is 19.0 Å². The molecule has 0 aliphatic carbocycles. The summed E-state index contributed by atoms with van der Waals surface area (Å²) < 4.78 is 5.10. The van der Waals surface area contributed by atoms with Crippen LogP contribution in [0.4, 0.5) is 10.5 Å². The van der Waals surface area contributed by atoms with Gasteiger partial charge in [-0.1, -0.05) is 42.5 Å². The third-order valence-corrected chi connectivity index (χ3v) is 2.95. The van der Waals surface area contributed by atoms with Crippen molar-refractivity contribution in [1.82, 2.24) is 0 Å². The molecule has 0 heterocycles. The monoisotopic (exact) mass is 283 g/mol. The number of nitrogens with one attached hydrogen (secondary N) is 1. The van der Waals surface area contributed by atoms with Crippen molar-refractivity contribution in [2.45, 2.75) is 12.8 Å². The van der Waals surface area contributed by atoms with E-state index in [2.05, 4.69) is 5.32 Å². The van der Waals surface area contributed by atoms with E-state index in [1.165, 1.54) is 5.56 Å². The number of hydrogen-bond donors (Lipinski definition) is 1. The van der Waals surface area contributed by atoms with Crippen molar-refractivity contribution in [3.63, 3.8) is 0 Å². The number of aryl methyl sites for hydroxylation is 1. The predicted octanol–water partition coefficient (Wildman–Crippen LogP) is 3.68. The average Bonchev–Trinajstić information content (AvgIpc) is 2.53. The Labute approximate surface area is 123 Å². The number of aldehydes is 1. The Kier molecular flexibility index (Phi) is 5.52. The van der Waals surface area contributed by atoms with Gasteiger partial charge in [-0.3, -0.25) is 10.1 Å². The van der Waals surface area contributed by atoms with E-state index >= 15 is 0 Å². The van der Waals surface area contributed by atoms with E-state index in [0.717, 1.165) is 19.1 Å². The van der Waals surface area contributed by atoms with Gasteiger partial charge in [0.25, 0.3) is 0 Å². The maximum absolute atomic E-state index is 11.6. The molecule has 2 aromatic rings. The first-order chi connectivity index (χ1) is 10.3. The summed E-state index contributed by atoms with van der Waals surface area (Å²) in [5, 5.41) is 2.60. The maximum atomic E-state index is 11.6. The van der Waals surface area contributed by atoms with E-state index in [-0.39, 0.29) is 0 Å². The molecular weight excluding hydrogens is 266 g/mol. The molecule has 0 aliphatic rings. The molecule has 0 unspecified atom stereocenters. The number of carbonyl (C=O) groups is 2. The highest BCUT2D eigenvalue weighted by Crippen LogP contribution is 2.09. The molecule has 0 saturated heterocycles. The Hall–Kier alpha value is -2.62. The summed E-state index contributed by atoms with van der Waals surface area (Å²) in [5.74, 6) is 0. The van der Waals surface area contributed by atoms with Crippen LogP contribution < -0.4 is 5.32 Å². The van der Waals surface area contributed by atoms with Crippen LogP contribution in [-0.2, 0) is 11.2 Å². The Morgan fingerprint density at radius 1 is 1.10 bits per heavy atom. The Morgan fingerprint density at radius 2 is 1.90 bits per heavy atom. The van der Waals surface area contributed by atoms with Crippen LogP contribution in [0.5, 0.6) is 0 Å². The number of ether oxygens (including phenoxy) is 1. The molecule has 0 saturated carbocycles. The SMILES string of the molecule is O=Cc1cccc(NC(=O)OCCCc2ccccc2)c1. The van der Waals surface area contributed by atoms with Crippen molar-refractivity contribution < 1.29 is 14.3 Å². The van der Waals surface area contributed by atoms with Gasteiger partial charge in [-0.25, -0.2) is 4.79 Å². The van der Waals surface area contributed by atoms with E-state index in [4.69, 9.17) is 4.74 Å². The van der Waals surface area contributed by atoms with Crippen LogP contribution in [0.15, 0.2) is 54.6 Å². The number of benzene rings is 2. The van der Waals surface area contributed by atoms with Crippen LogP contribution in [0.3, 0.4) is 0 Å². The van der Waals surface area contributed by atoms with Gasteiger partial charge >= 0.3 is 6.09 Å². The second-order valence-electron chi connectivity index (χ2n) is 4.59. The highest BCUT2D eigenvalue weighted by molar-refractivity contribution is 5.86. The van der Waals surface area contributed by atoms with E-state index in [9.17, 15) is 9.59 Å². The number of amides is 1. The largest absolute Gasteiger partial charge is 0.449 e. The number of anilines is 1. The Bertz CT molecular complexity index is 596. The molecule has 4 heteroatoms. The highest BCUT2D eigenvalue weighted by atomic mass is 16.5. The zero-order valence-corrected chi connectivity index (χ0v) is 11.6. The minimum atomic E-state index is -0.508. The summed E-state index contributed by atoms with van der Waals surface area (Å²) in [6.07, 6.45) is 1.86. The summed E-state index contributed by atoms with van der Waals surface area (Å²) in [5.41, 5.74) is 2.28. The van der Waals surface area contributed by atoms with Crippen LogP contribution in [0.25, 0.3) is 0 Å². The van der Waals surface area contributed by atoms with Gasteiger partial charge < -0.3 is 4.74 Å². The Morgan fingerprint density at radius 3 is 2.67 bits per heavy atom. The molecule has 1 N–H and O–H groups in total. The van der Waals surface area contributed by atoms with Crippen molar-refractivity contribution in [2.75, 3.05) is 11.9 Å². The second-order valence-corrected chi connectivity index (χ2v) is 4.59. The first-order valence-corrected chi connectivity index (χ1v) is 6.81. The molecule has 0 bridgehead atoms. The van der Waals surface area contributed by atoms with E-state index in [1.54, 1.807) is 24.3 Å². The lowest BCUT2D eigenvalue weighted by molar-refractivity contribution is 0.112. The summed E-state index contributed by atoms with van der Waals surface area (Å²) in [6.45, 7) is 0.355. The maximum Gasteiger partial charge on any atom is 0.411 e. The summed E-state index contributed by atoms with van der Waals surface area (Å²) in [7, 11) is 0. The average molecular weight is 283 g/mol. The molecule has 21 heavy (non-hydrogen) atoms. The minimum absolute atomic E-state index is 0.355. The van der Waals surface area contributed by atoms with E-state index in [1.807, 2.05) is 30.3 Å². The van der Waals surface area contributed by atoms with Crippen molar-refractivity contribution in [1.29, 1.82) is 0 Å². The van der Waals surface area contributed by atoms with Crippen molar-refractivity contribution in [3.05, 3.63) is 65.7 Å². The van der Waals surface area contributed by atoms with Gasteiger partial charge in [-0.15, -0.1) is 0 Å². The first-order valence-electron chi connectivity index (χ1n) is 6.81. The molecule has 0 aliphatic heterocycles. The van der Waals surface area contributed by atoms with Gasteiger partial charge in [0.05, 0.1) is 6.61 Å². The second kappa shape index (κ2) is 7.85. The number of hydrogen-bond acceptors (Lipinski definition) is 3. The van der Waals surface area contributed by atoms with Gasteiger partial charge in [0.15, 0.2) is 0 Å². The summed E-state index contributed by atoms with van der Waals surface area (Å²) >= 11 is 0. The fourth-order valence-electron chi connectivity index (χ4n) is 1.93. The molecule has 2 rings (SSSR count). The van der Waals surface area contributed by atoms with Gasteiger partial charge in [0.2, 0.25) is 0 Å². The van der Waals surface area contributed by atoms with Crippen molar-refractivity contribution in [3.8, 4) is 0 Å². The van der Waals surface area contributed by atoms with E-state index < -0.39 is 6.09 Å². The van der Waals surface area contributed by atoms with Gasteiger partial charge in [-0.05, 0) is 30.5 Å². The van der Waals surface area contributed by atoms with Crippen molar-refractivity contribution >= 4 is 18.1 Å². The van der Waals surface area contributed by atoms with Crippen LogP contribution in [0.1, 0.15) is 22.3 Å². The third kappa shape index (κ3) is 5.10. The van der Waals surface area contributed by atoms with Gasteiger partial charge in [0.1, 0.15) is 6.29 Å². The molecule has 0 fully saturated rings. The molecule has 108 valence electrons. The molecule has 2 aromatic carbocycles. The van der Waals surface area contributed by atoms with Crippen LogP contribution in [0.2, 0.25) is 0 Å². The van der Waals surface area contributed by atoms with Crippen LogP contribution >= 0.6 is 0 Å². The standard InChI is InChI=1S/C17H17NO3/c19-13-15-8-4-10-16(12-15)18-17(20)21-11-5-9-14-6-2-1-3-7-14/h1-4,6-8,10,12-13H,5,9,11H2,(H,18,20). The fourth-order valence-corrected chi connectivity index (χ4v) is 1.93. The highest BCUT2D eigenvalue weighted by Gasteiger charge is 2.03. The summed E-state index contributed by atoms with van der Waals surface area (Å²) in [4.78, 5) is 22.2. The molecular formula is C17H17NO3. The van der Waals surface area contributed by atoms with Gasteiger partial charge in [-0.2, -0.15) is 0 Å². The molecule has 0 aromatic heterocycles. The van der Waals surface area contributed by atoms with Crippen molar-refractivity contribution in [2.24, 2.45) is 0 Å². The van der Waals surface area contributed by atoms with E-state index in [0.29, 0.717) is 17.9 Å². The number of rotatable bonds is 6. The molecule has 0 atom stereocenters. The molecule has 1 amide bonds. The minimum Gasteiger partial charge on any atom is -0.449 e. The smallest absolute Gasteiger partial charge is 0.411 e. The number of carbonyl (C=O) groups excluding carboxylic acids is 2. The molecule has 0 spiro atoms. The topological polar surface area (TPSA) is 55.4 Å². The van der Waals surface area contributed by atoms with Crippen LogP contribution in [0, 0.1) is 0 Å². The lowest BCUT2D eigenvalue weighted by Crippen LogP contribution is -2.14. The normalized spacial score (nSPS) is 9.90. The Balaban J connectivity index is 1.71. The zero-order chi connectivity index (χ0) is 14.9. The zero-order valence-electron chi connectivity index (χ0n) is 11.6. The molecule has 0 radical (unpaired) electrons. The molecule has 4 nitrogen and oxygen atoms in total. The fraction of sp³-hybridized carbons (Fsp3) is 0.176. The van der Waals surface area contributed by atoms with Gasteiger partial charge in [0, 0.05) is 11.3 Å². The quantitative estimate of drug-likeness (QED) is 0.650. The first kappa shape index (κ1) is 14.8. The summed E-state index contributed by atoms with van der Waals surface area (Å²) in [6, 6.07) is 16.7. The third-order valence-electron chi connectivity index (χ3n) is 2.95. The lowest BCUT2D eigenvalue weighted by Gasteiger charge is -2.07. The lowest BCUT2D eigenvalue weighted by atomic mass is 10.1. The predicted molar refractivity (Wildman–Crippen MR) is 81.6 cm³/mol.